The third kappa shape index (κ3) is 2.09. The van der Waals surface area contributed by atoms with Crippen LogP contribution in [0, 0.1) is 0 Å². The first kappa shape index (κ1) is 13.9. The van der Waals surface area contributed by atoms with E-state index in [1.54, 1.807) is 18.3 Å². The van der Waals surface area contributed by atoms with Gasteiger partial charge in [-0.3, -0.25) is 4.90 Å². The van der Waals surface area contributed by atoms with Crippen LogP contribution in [0.5, 0.6) is 0 Å². The van der Waals surface area contributed by atoms with Crippen LogP contribution >= 0.6 is 0 Å². The summed E-state index contributed by atoms with van der Waals surface area (Å²) in [6, 6.07) is 4.07. The Balaban J connectivity index is 1.47. The molecule has 0 amide bonds. The summed E-state index contributed by atoms with van der Waals surface area (Å²) in [5.41, 5.74) is 0.772. The van der Waals surface area contributed by atoms with Crippen LogP contribution in [0.1, 0.15) is 24.8 Å². The maximum absolute atomic E-state index is 11.7. The van der Waals surface area contributed by atoms with Gasteiger partial charge in [0.2, 0.25) is 5.82 Å². The molecule has 0 bridgehead atoms. The Morgan fingerprint density at radius 3 is 3.29 bits per heavy atom. The Morgan fingerprint density at radius 2 is 2.33 bits per heavy atom. The molecule has 9 heteroatoms. The van der Waals surface area contributed by atoms with Gasteiger partial charge in [0.15, 0.2) is 5.65 Å². The zero-order valence-electron chi connectivity index (χ0n) is 12.9. The van der Waals surface area contributed by atoms with E-state index >= 15 is 0 Å². The average Bonchev–Trinajstić information content (AvgIpc) is 3.33. The topological polar surface area (TPSA) is 102 Å². The molecular formula is C15H16N6O3. The molecule has 9 nitrogen and oxygen atoms in total. The Morgan fingerprint density at radius 1 is 1.38 bits per heavy atom. The Labute approximate surface area is 136 Å². The van der Waals surface area contributed by atoms with Crippen molar-refractivity contribution in [2.45, 2.75) is 25.0 Å². The first-order valence-electron chi connectivity index (χ1n) is 8.05. The molecule has 2 fully saturated rings. The van der Waals surface area contributed by atoms with Gasteiger partial charge in [-0.05, 0) is 31.5 Å². The van der Waals surface area contributed by atoms with Crippen molar-refractivity contribution in [3.05, 3.63) is 34.6 Å². The number of hydrogen-bond donors (Lipinski definition) is 1. The molecule has 0 aromatic carbocycles. The molecule has 0 unspecified atom stereocenters. The summed E-state index contributed by atoms with van der Waals surface area (Å²) < 4.78 is 12.7. The highest BCUT2D eigenvalue weighted by molar-refractivity contribution is 5.70. The largest absolute Gasteiger partial charge is 0.367 e. The van der Waals surface area contributed by atoms with E-state index in [1.807, 2.05) is 0 Å². The number of nitrogens with one attached hydrogen (secondary N) is 1. The zero-order chi connectivity index (χ0) is 16.1. The smallest absolute Gasteiger partial charge is 0.347 e. The summed E-state index contributed by atoms with van der Waals surface area (Å²) >= 11 is 0. The molecule has 0 spiro atoms. The summed E-state index contributed by atoms with van der Waals surface area (Å²) in [7, 11) is 0. The third-order valence-corrected chi connectivity index (χ3v) is 4.79. The number of H-pyrrole nitrogens is 1. The van der Waals surface area contributed by atoms with E-state index in [4.69, 9.17) is 9.26 Å². The predicted octanol–water partition coefficient (Wildman–Crippen LogP) is 0.608. The fourth-order valence-electron chi connectivity index (χ4n) is 3.55. The van der Waals surface area contributed by atoms with E-state index in [1.165, 1.54) is 17.2 Å². The van der Waals surface area contributed by atoms with Crippen LogP contribution in [0.3, 0.4) is 0 Å². The molecule has 124 valence electrons. The van der Waals surface area contributed by atoms with E-state index in [-0.39, 0.29) is 11.8 Å². The molecule has 0 radical (unpaired) electrons. The minimum atomic E-state index is -0.303. The molecule has 3 aromatic heterocycles. The van der Waals surface area contributed by atoms with Crippen molar-refractivity contribution < 1.29 is 9.26 Å². The molecule has 2 atom stereocenters. The van der Waals surface area contributed by atoms with Crippen molar-refractivity contribution in [1.82, 2.24) is 29.6 Å². The zero-order valence-corrected chi connectivity index (χ0v) is 12.9. The molecule has 1 N–H and O–H groups in total. The lowest BCUT2D eigenvalue weighted by atomic mass is 10.2. The Kier molecular flexibility index (Phi) is 3.03. The minimum Gasteiger partial charge on any atom is -0.367 e. The number of fused-ring (bicyclic) bond motifs is 2. The highest BCUT2D eigenvalue weighted by Gasteiger charge is 2.35. The summed E-state index contributed by atoms with van der Waals surface area (Å²) in [6.45, 7) is 2.60. The summed E-state index contributed by atoms with van der Waals surface area (Å²) in [5.74, 6) is 0.872. The summed E-state index contributed by atoms with van der Waals surface area (Å²) in [4.78, 5) is 18.6. The standard InChI is InChI=1S/C15H16N6O3/c22-15-18-17-13-10(4-2-6-21(13)15)14-16-12(19-24-14)11-7-20-5-1-3-9(20)8-23-11/h2,4,6,9,11H,1,3,5,7-8H2,(H,18,22)/t9-,11-/m0/s1. The number of aromatic amines is 1. The van der Waals surface area contributed by atoms with Crippen LogP contribution in [-0.2, 0) is 4.74 Å². The maximum Gasteiger partial charge on any atom is 0.347 e. The van der Waals surface area contributed by atoms with Gasteiger partial charge in [0.25, 0.3) is 5.89 Å². The number of morpholine rings is 1. The lowest BCUT2D eigenvalue weighted by Crippen LogP contribution is -2.42. The molecule has 2 aliphatic rings. The highest BCUT2D eigenvalue weighted by Crippen LogP contribution is 2.30. The van der Waals surface area contributed by atoms with Crippen LogP contribution < -0.4 is 5.69 Å². The molecule has 3 aromatic rings. The van der Waals surface area contributed by atoms with E-state index in [9.17, 15) is 4.79 Å². The second kappa shape index (κ2) is 5.25. The maximum atomic E-state index is 11.7. The number of nitrogens with zero attached hydrogens (tertiary/aromatic N) is 5. The first-order valence-corrected chi connectivity index (χ1v) is 8.05. The van der Waals surface area contributed by atoms with Gasteiger partial charge in [0.1, 0.15) is 6.10 Å². The van der Waals surface area contributed by atoms with Crippen molar-refractivity contribution in [2.75, 3.05) is 19.7 Å². The number of hydrogen-bond acceptors (Lipinski definition) is 7. The molecule has 24 heavy (non-hydrogen) atoms. The minimum absolute atomic E-state index is 0.182. The van der Waals surface area contributed by atoms with Crippen LogP contribution in [-0.4, -0.2) is 55.4 Å². The third-order valence-electron chi connectivity index (χ3n) is 4.79. The van der Waals surface area contributed by atoms with Crippen LogP contribution in [0.4, 0.5) is 0 Å². The van der Waals surface area contributed by atoms with E-state index in [0.717, 1.165) is 13.1 Å². The van der Waals surface area contributed by atoms with E-state index in [2.05, 4.69) is 25.2 Å². The number of aromatic nitrogens is 5. The van der Waals surface area contributed by atoms with Gasteiger partial charge in [-0.15, -0.1) is 0 Å². The summed E-state index contributed by atoms with van der Waals surface area (Å²) in [5, 5.41) is 10.5. The second-order valence-electron chi connectivity index (χ2n) is 6.21. The lowest BCUT2D eigenvalue weighted by molar-refractivity contribution is -0.0548. The summed E-state index contributed by atoms with van der Waals surface area (Å²) in [6.07, 6.45) is 3.87. The molecule has 5 rings (SSSR count). The second-order valence-corrected chi connectivity index (χ2v) is 6.21. The van der Waals surface area contributed by atoms with E-state index < -0.39 is 0 Å². The predicted molar refractivity (Wildman–Crippen MR) is 82.4 cm³/mol. The van der Waals surface area contributed by atoms with Crippen LogP contribution in [0.15, 0.2) is 27.6 Å². The molecular weight excluding hydrogens is 312 g/mol. The van der Waals surface area contributed by atoms with Gasteiger partial charge >= 0.3 is 5.69 Å². The van der Waals surface area contributed by atoms with Gasteiger partial charge in [0, 0.05) is 18.8 Å². The van der Waals surface area contributed by atoms with E-state index in [0.29, 0.717) is 35.6 Å². The highest BCUT2D eigenvalue weighted by atomic mass is 16.5. The van der Waals surface area contributed by atoms with Gasteiger partial charge in [0.05, 0.1) is 12.2 Å². The van der Waals surface area contributed by atoms with Gasteiger partial charge < -0.3 is 9.26 Å². The Hall–Kier alpha value is -2.52. The quantitative estimate of drug-likeness (QED) is 0.735. The number of pyridine rings is 1. The molecule has 0 aliphatic carbocycles. The van der Waals surface area contributed by atoms with Crippen molar-refractivity contribution >= 4 is 5.65 Å². The van der Waals surface area contributed by atoms with Crippen molar-refractivity contribution in [1.29, 1.82) is 0 Å². The van der Waals surface area contributed by atoms with Gasteiger partial charge in [-0.25, -0.2) is 14.3 Å². The normalized spacial score (nSPS) is 24.5. The fraction of sp³-hybridized carbons (Fsp3) is 0.467. The van der Waals surface area contributed by atoms with Crippen LogP contribution in [0.2, 0.25) is 0 Å². The van der Waals surface area contributed by atoms with Crippen molar-refractivity contribution in [2.24, 2.45) is 0 Å². The SMILES string of the molecule is O=c1[nH]nc2c(-c3nc([C@@H]4CN5CCC[C@H]5CO4)no3)cccn12. The first-order chi connectivity index (χ1) is 11.8. The van der Waals surface area contributed by atoms with Crippen LogP contribution in [0.25, 0.3) is 17.1 Å². The molecule has 0 saturated carbocycles. The van der Waals surface area contributed by atoms with Crippen molar-refractivity contribution in [3.8, 4) is 11.5 Å². The monoisotopic (exact) mass is 328 g/mol. The average molecular weight is 328 g/mol. The molecule has 2 aliphatic heterocycles. The van der Waals surface area contributed by atoms with Gasteiger partial charge in [-0.1, -0.05) is 5.16 Å². The molecule has 5 heterocycles. The van der Waals surface area contributed by atoms with Crippen molar-refractivity contribution in [3.63, 3.8) is 0 Å². The fourth-order valence-corrected chi connectivity index (χ4v) is 3.55. The Bertz CT molecular complexity index is 944. The van der Waals surface area contributed by atoms with Gasteiger partial charge in [-0.2, -0.15) is 10.1 Å². The number of ether oxygens (including phenoxy) is 1. The molecule has 2 saturated heterocycles. The lowest BCUT2D eigenvalue weighted by Gasteiger charge is -2.33. The number of rotatable bonds is 2.